The molecule has 0 N–H and O–H groups in total. The van der Waals surface area contributed by atoms with Crippen molar-refractivity contribution < 1.29 is 14.0 Å². The number of rotatable bonds is 4. The van der Waals surface area contributed by atoms with E-state index in [0.29, 0.717) is 17.1 Å². The minimum Gasteiger partial charge on any atom is -0.543 e. The lowest BCUT2D eigenvalue weighted by molar-refractivity contribution is 0.111. The van der Waals surface area contributed by atoms with E-state index in [4.69, 9.17) is 9.16 Å². The lowest BCUT2D eigenvalue weighted by Gasteiger charge is -2.36. The molecular weight excluding hydrogens is 244 g/mol. The number of carbonyl (C=O) groups is 1. The van der Waals surface area contributed by atoms with Gasteiger partial charge in [0, 0.05) is 0 Å². The molecule has 0 saturated heterocycles. The Labute approximate surface area is 110 Å². The summed E-state index contributed by atoms with van der Waals surface area (Å²) in [6, 6.07) is 5.43. The molecule has 0 aliphatic heterocycles. The van der Waals surface area contributed by atoms with Gasteiger partial charge >= 0.3 is 0 Å². The van der Waals surface area contributed by atoms with Gasteiger partial charge < -0.3 is 9.16 Å². The van der Waals surface area contributed by atoms with Crippen molar-refractivity contribution in [2.75, 3.05) is 7.11 Å². The summed E-state index contributed by atoms with van der Waals surface area (Å²) in [4.78, 5) is 11.2. The average Bonchev–Trinajstić information content (AvgIpc) is 2.26. The van der Waals surface area contributed by atoms with Crippen molar-refractivity contribution in [2.24, 2.45) is 0 Å². The van der Waals surface area contributed by atoms with Crippen LogP contribution in [-0.4, -0.2) is 21.7 Å². The van der Waals surface area contributed by atoms with Crippen LogP contribution >= 0.6 is 0 Å². The molecule has 0 saturated carbocycles. The first-order chi connectivity index (χ1) is 8.23. The first kappa shape index (κ1) is 14.8. The van der Waals surface area contributed by atoms with Crippen LogP contribution in [-0.2, 0) is 0 Å². The van der Waals surface area contributed by atoms with E-state index in [9.17, 15) is 4.79 Å². The Kier molecular flexibility index (Phi) is 4.22. The molecule has 0 amide bonds. The molecular formula is C14H22O3Si. The van der Waals surface area contributed by atoms with Crippen molar-refractivity contribution in [1.82, 2.24) is 0 Å². The third kappa shape index (κ3) is 2.93. The zero-order valence-electron chi connectivity index (χ0n) is 12.0. The van der Waals surface area contributed by atoms with Gasteiger partial charge in [-0.2, -0.15) is 0 Å². The minimum atomic E-state index is -1.94. The van der Waals surface area contributed by atoms with Crippen molar-refractivity contribution >= 4 is 14.6 Å². The normalized spacial score (nSPS) is 12.1. The van der Waals surface area contributed by atoms with Gasteiger partial charge in [-0.1, -0.05) is 26.8 Å². The number of carbonyl (C=O) groups excluding carboxylic acids is 1. The molecule has 0 radical (unpaired) electrons. The van der Waals surface area contributed by atoms with E-state index < -0.39 is 8.32 Å². The van der Waals surface area contributed by atoms with Crippen molar-refractivity contribution in [3.63, 3.8) is 0 Å². The highest BCUT2D eigenvalue weighted by molar-refractivity contribution is 6.74. The van der Waals surface area contributed by atoms with E-state index in [-0.39, 0.29) is 5.04 Å². The van der Waals surface area contributed by atoms with Gasteiger partial charge in [-0.25, -0.2) is 0 Å². The predicted molar refractivity (Wildman–Crippen MR) is 76.2 cm³/mol. The predicted octanol–water partition coefficient (Wildman–Crippen LogP) is 3.89. The molecule has 0 aliphatic carbocycles. The number of hydrogen-bond donors (Lipinski definition) is 0. The molecule has 0 spiro atoms. The van der Waals surface area contributed by atoms with Gasteiger partial charge in [0.15, 0.2) is 6.29 Å². The Morgan fingerprint density at radius 3 is 2.17 bits per heavy atom. The van der Waals surface area contributed by atoms with Gasteiger partial charge in [-0.15, -0.1) is 0 Å². The van der Waals surface area contributed by atoms with Gasteiger partial charge in [0.05, 0.1) is 12.7 Å². The Hall–Kier alpha value is -1.29. The third-order valence-corrected chi connectivity index (χ3v) is 7.88. The average molecular weight is 266 g/mol. The Morgan fingerprint density at radius 1 is 1.17 bits per heavy atom. The van der Waals surface area contributed by atoms with Crippen molar-refractivity contribution in [3.05, 3.63) is 23.8 Å². The Bertz CT molecular complexity index is 433. The molecule has 100 valence electrons. The molecule has 0 atom stereocenters. The fourth-order valence-corrected chi connectivity index (χ4v) is 2.37. The van der Waals surface area contributed by atoms with Crippen LogP contribution in [0.3, 0.4) is 0 Å². The van der Waals surface area contributed by atoms with Crippen LogP contribution < -0.4 is 9.16 Å². The maximum Gasteiger partial charge on any atom is 0.250 e. The quantitative estimate of drug-likeness (QED) is 0.612. The molecule has 18 heavy (non-hydrogen) atoms. The van der Waals surface area contributed by atoms with Crippen molar-refractivity contribution in [3.8, 4) is 11.5 Å². The maximum absolute atomic E-state index is 11.2. The summed E-state index contributed by atoms with van der Waals surface area (Å²) in [7, 11) is -0.390. The smallest absolute Gasteiger partial charge is 0.250 e. The van der Waals surface area contributed by atoms with E-state index in [0.717, 1.165) is 6.29 Å². The molecule has 4 heteroatoms. The molecule has 0 bridgehead atoms. The second kappa shape index (κ2) is 5.14. The highest BCUT2D eigenvalue weighted by Gasteiger charge is 2.39. The van der Waals surface area contributed by atoms with Crippen molar-refractivity contribution in [1.29, 1.82) is 0 Å². The summed E-state index contributed by atoms with van der Waals surface area (Å²) in [5, 5.41) is 0.0935. The van der Waals surface area contributed by atoms with Crippen LogP contribution in [0, 0.1) is 0 Å². The molecule has 0 unspecified atom stereocenters. The van der Waals surface area contributed by atoms with Crippen LogP contribution in [0.2, 0.25) is 18.1 Å². The summed E-state index contributed by atoms with van der Waals surface area (Å²) in [5.74, 6) is 1.18. The van der Waals surface area contributed by atoms with Crippen LogP contribution in [0.5, 0.6) is 11.5 Å². The van der Waals surface area contributed by atoms with Gasteiger partial charge in [-0.3, -0.25) is 4.79 Å². The second-order valence-corrected chi connectivity index (χ2v) is 10.6. The zero-order valence-corrected chi connectivity index (χ0v) is 13.0. The monoisotopic (exact) mass is 266 g/mol. The topological polar surface area (TPSA) is 35.5 Å². The number of methoxy groups -OCH3 is 1. The van der Waals surface area contributed by atoms with Crippen LogP contribution in [0.1, 0.15) is 31.1 Å². The summed E-state index contributed by atoms with van der Waals surface area (Å²) in [6.45, 7) is 10.8. The maximum atomic E-state index is 11.2. The highest BCUT2D eigenvalue weighted by Crippen LogP contribution is 2.39. The van der Waals surface area contributed by atoms with E-state index in [1.807, 2.05) is 12.1 Å². The number of aldehydes is 1. The summed E-state index contributed by atoms with van der Waals surface area (Å²) >= 11 is 0. The molecule has 0 aromatic heterocycles. The van der Waals surface area contributed by atoms with E-state index in [1.165, 1.54) is 0 Å². The van der Waals surface area contributed by atoms with Gasteiger partial charge in [0.25, 0.3) is 8.32 Å². The summed E-state index contributed by atoms with van der Waals surface area (Å²) in [6.07, 6.45) is 0.793. The summed E-state index contributed by atoms with van der Waals surface area (Å²) in [5.41, 5.74) is 0.491. The lowest BCUT2D eigenvalue weighted by atomic mass is 10.2. The third-order valence-electron chi connectivity index (χ3n) is 3.54. The highest BCUT2D eigenvalue weighted by atomic mass is 28.4. The summed E-state index contributed by atoms with van der Waals surface area (Å²) < 4.78 is 11.3. The van der Waals surface area contributed by atoms with E-state index >= 15 is 0 Å². The molecule has 0 aliphatic rings. The number of benzene rings is 1. The van der Waals surface area contributed by atoms with Crippen LogP contribution in [0.15, 0.2) is 18.2 Å². The minimum absolute atomic E-state index is 0.0935. The first-order valence-electron chi connectivity index (χ1n) is 6.04. The second-order valence-electron chi connectivity index (χ2n) is 5.85. The Morgan fingerprint density at radius 2 is 1.72 bits per heavy atom. The van der Waals surface area contributed by atoms with Crippen molar-refractivity contribution in [2.45, 2.75) is 38.9 Å². The largest absolute Gasteiger partial charge is 0.543 e. The molecule has 3 nitrogen and oxygen atoms in total. The van der Waals surface area contributed by atoms with E-state index in [2.05, 4.69) is 33.9 Å². The number of hydrogen-bond acceptors (Lipinski definition) is 3. The Balaban J connectivity index is 3.16. The first-order valence-corrected chi connectivity index (χ1v) is 8.95. The fraction of sp³-hybridized carbons (Fsp3) is 0.500. The molecule has 1 aromatic carbocycles. The van der Waals surface area contributed by atoms with Gasteiger partial charge in [0.1, 0.15) is 11.5 Å². The van der Waals surface area contributed by atoms with Gasteiger partial charge in [0.2, 0.25) is 0 Å². The van der Waals surface area contributed by atoms with Crippen LogP contribution in [0.4, 0.5) is 0 Å². The lowest BCUT2D eigenvalue weighted by Crippen LogP contribution is -2.44. The molecule has 1 rings (SSSR count). The van der Waals surface area contributed by atoms with Gasteiger partial charge in [-0.05, 0) is 30.3 Å². The zero-order chi connectivity index (χ0) is 14.0. The molecule has 1 aromatic rings. The standard InChI is InChI=1S/C14H22O3Si/c1-14(2,3)18(5,6)17-13-9-7-8-12(16-4)11(13)10-15/h7-10H,1-6H3. The van der Waals surface area contributed by atoms with E-state index in [1.54, 1.807) is 13.2 Å². The fourth-order valence-electron chi connectivity index (χ4n) is 1.34. The number of ether oxygens (including phenoxy) is 1. The SMILES string of the molecule is COc1cccc(O[Si](C)(C)C(C)(C)C)c1C=O. The van der Waals surface area contributed by atoms with Crippen LogP contribution in [0.25, 0.3) is 0 Å². The molecule has 0 heterocycles. The molecule has 0 fully saturated rings.